The monoisotopic (exact) mass is 385 g/mol. The Morgan fingerprint density at radius 1 is 1.00 bits per heavy atom. The highest BCUT2D eigenvalue weighted by atomic mass is 32.1. The molecule has 2 aromatic carbocycles. The van der Waals surface area contributed by atoms with Crippen LogP contribution >= 0.6 is 11.3 Å². The van der Waals surface area contributed by atoms with E-state index in [1.807, 2.05) is 24.3 Å². The van der Waals surface area contributed by atoms with E-state index in [-0.39, 0.29) is 10.3 Å². The number of aromatic nitrogens is 1. The van der Waals surface area contributed by atoms with Crippen molar-refractivity contribution in [1.82, 2.24) is 4.98 Å². The van der Waals surface area contributed by atoms with Gasteiger partial charge in [-0.2, -0.15) is 13.2 Å². The van der Waals surface area contributed by atoms with E-state index in [1.165, 1.54) is 30.1 Å². The molecule has 0 N–H and O–H groups in total. The number of aryl methyl sites for hydroxylation is 1. The summed E-state index contributed by atoms with van der Waals surface area (Å²) in [4.78, 5) is 4.74. The van der Waals surface area contributed by atoms with Gasteiger partial charge in [-0.1, -0.05) is 38.1 Å². The molecule has 0 aliphatic heterocycles. The number of halogens is 3. The van der Waals surface area contributed by atoms with Crippen LogP contribution in [0.4, 0.5) is 13.2 Å². The fourth-order valence-corrected chi connectivity index (χ4v) is 4.84. The maximum atomic E-state index is 13.5. The maximum Gasteiger partial charge on any atom is 0.418 e. The Morgan fingerprint density at radius 3 is 2.44 bits per heavy atom. The summed E-state index contributed by atoms with van der Waals surface area (Å²) in [6.45, 7) is 5.77. The summed E-state index contributed by atoms with van der Waals surface area (Å²) in [6.07, 6.45) is -2.89. The predicted molar refractivity (Wildman–Crippen MR) is 106 cm³/mol. The highest BCUT2D eigenvalue weighted by Crippen LogP contribution is 2.45. The molecule has 5 heteroatoms. The number of nitrogens with zero attached hydrogens (tertiary/aromatic N) is 1. The van der Waals surface area contributed by atoms with Crippen LogP contribution in [0.3, 0.4) is 0 Å². The molecule has 0 saturated carbocycles. The van der Waals surface area contributed by atoms with Crippen molar-refractivity contribution in [3.63, 3.8) is 0 Å². The summed E-state index contributed by atoms with van der Waals surface area (Å²) in [5.74, 6) is 0.296. The average molecular weight is 385 g/mol. The fourth-order valence-electron chi connectivity index (χ4n) is 3.65. The summed E-state index contributed by atoms with van der Waals surface area (Å²) < 4.78 is 41.1. The zero-order valence-corrected chi connectivity index (χ0v) is 16.0. The molecule has 0 atom stereocenters. The van der Waals surface area contributed by atoms with Crippen molar-refractivity contribution in [3.05, 3.63) is 64.7 Å². The third kappa shape index (κ3) is 3.00. The van der Waals surface area contributed by atoms with Crippen molar-refractivity contribution in [3.8, 4) is 11.3 Å². The molecule has 0 saturated heterocycles. The van der Waals surface area contributed by atoms with Gasteiger partial charge in [-0.3, -0.25) is 4.98 Å². The van der Waals surface area contributed by atoms with E-state index in [9.17, 15) is 13.2 Å². The highest BCUT2D eigenvalue weighted by molar-refractivity contribution is 7.19. The Hall–Kier alpha value is -2.40. The summed E-state index contributed by atoms with van der Waals surface area (Å²) in [5.41, 5.74) is 2.10. The molecule has 0 amide bonds. The number of hydrogen-bond donors (Lipinski definition) is 0. The highest BCUT2D eigenvalue weighted by Gasteiger charge is 2.36. The molecule has 0 aliphatic rings. The normalized spacial score (nSPS) is 12.4. The minimum Gasteiger partial charge on any atom is -0.255 e. The second-order valence-corrected chi connectivity index (χ2v) is 8.23. The van der Waals surface area contributed by atoms with Crippen molar-refractivity contribution in [2.75, 3.05) is 0 Å². The van der Waals surface area contributed by atoms with Gasteiger partial charge in [0.15, 0.2) is 0 Å². The van der Waals surface area contributed by atoms with Gasteiger partial charge >= 0.3 is 6.18 Å². The number of benzene rings is 2. The van der Waals surface area contributed by atoms with Crippen LogP contribution in [0, 0.1) is 6.92 Å². The number of fused-ring (bicyclic) bond motifs is 2. The fraction of sp³-hybridized carbons (Fsp3) is 0.227. The molecule has 0 bridgehead atoms. The van der Waals surface area contributed by atoms with E-state index < -0.39 is 11.7 Å². The van der Waals surface area contributed by atoms with Crippen LogP contribution in [-0.2, 0) is 6.18 Å². The van der Waals surface area contributed by atoms with Crippen molar-refractivity contribution >= 4 is 32.2 Å². The van der Waals surface area contributed by atoms with E-state index in [0.29, 0.717) is 16.3 Å². The third-order valence-corrected chi connectivity index (χ3v) is 5.98. The number of rotatable bonds is 2. The average Bonchev–Trinajstić information content (AvgIpc) is 2.96. The smallest absolute Gasteiger partial charge is 0.255 e. The zero-order valence-electron chi connectivity index (χ0n) is 15.2. The molecule has 27 heavy (non-hydrogen) atoms. The minimum absolute atomic E-state index is 0.231. The van der Waals surface area contributed by atoms with Gasteiger partial charge in [0.25, 0.3) is 0 Å². The second-order valence-electron chi connectivity index (χ2n) is 7.01. The van der Waals surface area contributed by atoms with Crippen molar-refractivity contribution in [2.45, 2.75) is 32.9 Å². The first kappa shape index (κ1) is 18.0. The van der Waals surface area contributed by atoms with Crippen LogP contribution in [-0.4, -0.2) is 4.98 Å². The molecular weight excluding hydrogens is 367 g/mol. The topological polar surface area (TPSA) is 12.9 Å². The minimum atomic E-state index is -4.37. The molecular formula is C22H18F3NS. The molecule has 2 aromatic heterocycles. The first-order valence-electron chi connectivity index (χ1n) is 8.75. The third-order valence-electron chi connectivity index (χ3n) is 4.85. The van der Waals surface area contributed by atoms with Gasteiger partial charge in [0.05, 0.1) is 16.0 Å². The van der Waals surface area contributed by atoms with Gasteiger partial charge in [-0.15, -0.1) is 11.3 Å². The first-order valence-corrected chi connectivity index (χ1v) is 9.57. The Bertz CT molecular complexity index is 1160. The Kier molecular flexibility index (Phi) is 4.22. The predicted octanol–water partition coefficient (Wildman–Crippen LogP) is 7.57. The van der Waals surface area contributed by atoms with Gasteiger partial charge in [-0.05, 0) is 47.4 Å². The van der Waals surface area contributed by atoms with Crippen LogP contribution < -0.4 is 0 Å². The number of pyridine rings is 1. The standard InChI is InChI=1S/C22H18F3NS/c1-12(2)18-11-15(10-14-6-4-5-7-16(14)18)20-21-17(8-9-26-20)19(13(3)27-21)22(23,24)25/h4-12H,1-3H3. The SMILES string of the molecule is Cc1sc2c(-c3cc(C(C)C)c4ccccc4c3)nccc2c1C(F)(F)F. The van der Waals surface area contributed by atoms with Gasteiger partial charge in [-0.25, -0.2) is 0 Å². The van der Waals surface area contributed by atoms with Gasteiger partial charge in [0.2, 0.25) is 0 Å². The lowest BCUT2D eigenvalue weighted by Gasteiger charge is -2.13. The molecule has 0 spiro atoms. The van der Waals surface area contributed by atoms with E-state index in [2.05, 4.69) is 31.0 Å². The summed E-state index contributed by atoms with van der Waals surface area (Å²) >= 11 is 1.16. The molecule has 138 valence electrons. The quantitative estimate of drug-likeness (QED) is 0.347. The Balaban J connectivity index is 2.04. The van der Waals surface area contributed by atoms with Crippen LogP contribution in [0.2, 0.25) is 0 Å². The van der Waals surface area contributed by atoms with Crippen molar-refractivity contribution < 1.29 is 13.2 Å². The van der Waals surface area contributed by atoms with Crippen molar-refractivity contribution in [2.24, 2.45) is 0 Å². The molecule has 0 radical (unpaired) electrons. The van der Waals surface area contributed by atoms with Crippen LogP contribution in [0.15, 0.2) is 48.7 Å². The number of hydrogen-bond acceptors (Lipinski definition) is 2. The van der Waals surface area contributed by atoms with E-state index >= 15 is 0 Å². The Morgan fingerprint density at radius 2 is 1.74 bits per heavy atom. The molecule has 0 fully saturated rings. The van der Waals surface area contributed by atoms with E-state index in [0.717, 1.165) is 22.3 Å². The molecule has 0 aliphatic carbocycles. The number of thiophene rings is 1. The van der Waals surface area contributed by atoms with Gasteiger partial charge in [0.1, 0.15) is 0 Å². The molecule has 4 aromatic rings. The van der Waals surface area contributed by atoms with E-state index in [4.69, 9.17) is 0 Å². The van der Waals surface area contributed by atoms with Crippen LogP contribution in [0.25, 0.3) is 32.1 Å². The lowest BCUT2D eigenvalue weighted by atomic mass is 9.92. The van der Waals surface area contributed by atoms with E-state index in [1.54, 1.807) is 0 Å². The summed E-state index contributed by atoms with van der Waals surface area (Å²) in [6, 6.07) is 13.6. The molecule has 2 heterocycles. The second kappa shape index (κ2) is 6.34. The maximum absolute atomic E-state index is 13.5. The number of alkyl halides is 3. The largest absolute Gasteiger partial charge is 0.418 e. The lowest BCUT2D eigenvalue weighted by Crippen LogP contribution is -2.05. The van der Waals surface area contributed by atoms with Gasteiger partial charge in [0, 0.05) is 22.0 Å². The molecule has 0 unspecified atom stereocenters. The summed E-state index contributed by atoms with van der Waals surface area (Å²) in [5, 5.41) is 2.47. The van der Waals surface area contributed by atoms with Crippen molar-refractivity contribution in [1.29, 1.82) is 0 Å². The molecule has 4 rings (SSSR count). The molecule has 1 nitrogen and oxygen atoms in total. The lowest BCUT2D eigenvalue weighted by molar-refractivity contribution is -0.136. The van der Waals surface area contributed by atoms with Crippen LogP contribution in [0.1, 0.15) is 35.8 Å². The van der Waals surface area contributed by atoms with Gasteiger partial charge < -0.3 is 0 Å². The summed E-state index contributed by atoms with van der Waals surface area (Å²) in [7, 11) is 0. The van der Waals surface area contributed by atoms with Crippen LogP contribution in [0.5, 0.6) is 0 Å². The first-order chi connectivity index (χ1) is 12.8. The Labute approximate surface area is 159 Å². The zero-order chi connectivity index (χ0) is 19.3.